The summed E-state index contributed by atoms with van der Waals surface area (Å²) in [5, 5.41) is 2.88. The predicted molar refractivity (Wildman–Crippen MR) is 96.8 cm³/mol. The van der Waals surface area contributed by atoms with Gasteiger partial charge in [0, 0.05) is 52.1 Å². The number of carbonyl (C=O) groups excluding carboxylic acids is 1. The third-order valence-corrected chi connectivity index (χ3v) is 4.45. The van der Waals surface area contributed by atoms with E-state index < -0.39 is 0 Å². The van der Waals surface area contributed by atoms with E-state index in [2.05, 4.69) is 15.1 Å². The Kier molecular flexibility index (Phi) is 6.25. The van der Waals surface area contributed by atoms with Gasteiger partial charge in [-0.1, -0.05) is 0 Å². The van der Waals surface area contributed by atoms with Crippen LogP contribution in [0.25, 0.3) is 0 Å². The number of piperazine rings is 1. The Labute approximate surface area is 152 Å². The van der Waals surface area contributed by atoms with Crippen molar-refractivity contribution >= 4 is 11.6 Å². The van der Waals surface area contributed by atoms with Crippen LogP contribution in [0.1, 0.15) is 16.3 Å². The molecule has 0 saturated carbocycles. The van der Waals surface area contributed by atoms with Gasteiger partial charge >= 0.3 is 0 Å². The molecule has 3 rings (SSSR count). The van der Waals surface area contributed by atoms with E-state index in [9.17, 15) is 9.18 Å². The van der Waals surface area contributed by atoms with Crippen LogP contribution in [0.3, 0.4) is 0 Å². The van der Waals surface area contributed by atoms with E-state index in [0.29, 0.717) is 24.7 Å². The Morgan fingerprint density at radius 2 is 1.88 bits per heavy atom. The van der Waals surface area contributed by atoms with Crippen molar-refractivity contribution in [2.24, 2.45) is 0 Å². The number of hydrogen-bond acceptors (Lipinski definition) is 5. The van der Waals surface area contributed by atoms with Crippen LogP contribution in [-0.2, 0) is 11.3 Å². The van der Waals surface area contributed by atoms with Gasteiger partial charge in [-0.05, 0) is 36.4 Å². The van der Waals surface area contributed by atoms with Crippen LogP contribution in [-0.4, -0.2) is 57.2 Å². The van der Waals surface area contributed by atoms with Crippen LogP contribution in [0, 0.1) is 5.82 Å². The smallest absolute Gasteiger partial charge is 0.287 e. The fourth-order valence-electron chi connectivity index (χ4n) is 3.02. The minimum Gasteiger partial charge on any atom is -0.453 e. The number of nitrogens with zero attached hydrogens (tertiary/aromatic N) is 2. The van der Waals surface area contributed by atoms with E-state index in [1.807, 2.05) is 12.1 Å². The van der Waals surface area contributed by atoms with E-state index in [-0.39, 0.29) is 11.7 Å². The molecule has 7 heteroatoms. The summed E-state index contributed by atoms with van der Waals surface area (Å²) >= 11 is 0. The molecule has 1 aliphatic rings. The third-order valence-electron chi connectivity index (χ3n) is 4.45. The van der Waals surface area contributed by atoms with Crippen molar-refractivity contribution in [3.63, 3.8) is 0 Å². The summed E-state index contributed by atoms with van der Waals surface area (Å²) in [5.41, 5.74) is 1.05. The van der Waals surface area contributed by atoms with Crippen molar-refractivity contribution in [2.45, 2.75) is 6.61 Å². The molecule has 0 radical (unpaired) electrons. The number of amides is 1. The maximum Gasteiger partial charge on any atom is 0.287 e. The molecule has 6 nitrogen and oxygen atoms in total. The Morgan fingerprint density at radius 3 is 2.58 bits per heavy atom. The number of halogens is 1. The monoisotopic (exact) mass is 361 g/mol. The number of carbonyl (C=O) groups is 1. The van der Waals surface area contributed by atoms with Gasteiger partial charge in [-0.25, -0.2) is 4.39 Å². The maximum absolute atomic E-state index is 13.0. The first-order valence-electron chi connectivity index (χ1n) is 8.74. The number of benzene rings is 1. The standard InChI is InChI=1S/C19H24FN3O3/c1-25-14-17-6-7-18(26-17)19(24)21-8-9-22-10-12-23(13-11-22)16-4-2-15(20)3-5-16/h2-7H,8-14H2,1H3,(H,21,24). The van der Waals surface area contributed by atoms with Crippen LogP contribution < -0.4 is 10.2 Å². The molecule has 1 aromatic heterocycles. The first kappa shape index (κ1) is 18.4. The zero-order chi connectivity index (χ0) is 18.4. The molecule has 140 valence electrons. The molecule has 0 spiro atoms. The average Bonchev–Trinajstić information content (AvgIpc) is 3.12. The van der Waals surface area contributed by atoms with Gasteiger partial charge in [0.2, 0.25) is 0 Å². The first-order valence-corrected chi connectivity index (χ1v) is 8.74. The zero-order valence-corrected chi connectivity index (χ0v) is 14.9. The Balaban J connectivity index is 1.38. The highest BCUT2D eigenvalue weighted by atomic mass is 19.1. The van der Waals surface area contributed by atoms with Crippen molar-refractivity contribution in [3.05, 3.63) is 53.7 Å². The van der Waals surface area contributed by atoms with Gasteiger partial charge in [-0.15, -0.1) is 0 Å². The second-order valence-electron chi connectivity index (χ2n) is 6.26. The molecule has 0 unspecified atom stereocenters. The number of methoxy groups -OCH3 is 1. The zero-order valence-electron chi connectivity index (χ0n) is 14.9. The number of hydrogen-bond donors (Lipinski definition) is 1. The molecule has 0 aliphatic carbocycles. The van der Waals surface area contributed by atoms with E-state index >= 15 is 0 Å². The Morgan fingerprint density at radius 1 is 1.15 bits per heavy atom. The van der Waals surface area contributed by atoms with Gasteiger partial charge < -0.3 is 19.4 Å². The molecule has 1 N–H and O–H groups in total. The topological polar surface area (TPSA) is 58.0 Å². The lowest BCUT2D eigenvalue weighted by Crippen LogP contribution is -2.48. The molecule has 0 atom stereocenters. The number of furan rings is 1. The van der Waals surface area contributed by atoms with E-state index in [4.69, 9.17) is 9.15 Å². The van der Waals surface area contributed by atoms with E-state index in [1.54, 1.807) is 19.2 Å². The lowest BCUT2D eigenvalue weighted by atomic mass is 10.2. The summed E-state index contributed by atoms with van der Waals surface area (Å²) < 4.78 is 23.4. The van der Waals surface area contributed by atoms with Crippen molar-refractivity contribution in [3.8, 4) is 0 Å². The van der Waals surface area contributed by atoms with E-state index in [0.717, 1.165) is 38.4 Å². The van der Waals surface area contributed by atoms with Crippen LogP contribution in [0.15, 0.2) is 40.8 Å². The number of anilines is 1. The van der Waals surface area contributed by atoms with Gasteiger partial charge in [-0.3, -0.25) is 9.69 Å². The first-order chi connectivity index (χ1) is 12.7. The molecule has 0 bridgehead atoms. The van der Waals surface area contributed by atoms with Gasteiger partial charge in [0.15, 0.2) is 5.76 Å². The molecule has 1 fully saturated rings. The molecule has 1 aliphatic heterocycles. The minimum absolute atomic E-state index is 0.211. The highest BCUT2D eigenvalue weighted by molar-refractivity contribution is 5.91. The van der Waals surface area contributed by atoms with Crippen molar-refractivity contribution in [1.29, 1.82) is 0 Å². The molecule has 1 saturated heterocycles. The summed E-state index contributed by atoms with van der Waals surface area (Å²) in [5.74, 6) is 0.513. The summed E-state index contributed by atoms with van der Waals surface area (Å²) in [7, 11) is 1.58. The Bertz CT molecular complexity index is 709. The normalized spacial score (nSPS) is 15.2. The van der Waals surface area contributed by atoms with Crippen molar-refractivity contribution < 1.29 is 18.3 Å². The summed E-state index contributed by atoms with van der Waals surface area (Å²) in [6, 6.07) is 10.0. The van der Waals surface area contributed by atoms with Gasteiger partial charge in [0.25, 0.3) is 5.91 Å². The number of ether oxygens (including phenoxy) is 1. The fourth-order valence-corrected chi connectivity index (χ4v) is 3.02. The lowest BCUT2D eigenvalue weighted by Gasteiger charge is -2.36. The second kappa shape index (κ2) is 8.82. The Hall–Kier alpha value is -2.38. The molecular formula is C19H24FN3O3. The molecule has 1 amide bonds. The van der Waals surface area contributed by atoms with Crippen LogP contribution in [0.2, 0.25) is 0 Å². The van der Waals surface area contributed by atoms with Gasteiger partial charge in [0.1, 0.15) is 18.2 Å². The average molecular weight is 361 g/mol. The molecule has 1 aromatic carbocycles. The summed E-state index contributed by atoms with van der Waals surface area (Å²) in [6.07, 6.45) is 0. The van der Waals surface area contributed by atoms with Gasteiger partial charge in [-0.2, -0.15) is 0 Å². The van der Waals surface area contributed by atoms with E-state index in [1.165, 1.54) is 12.1 Å². The highest BCUT2D eigenvalue weighted by Gasteiger charge is 2.17. The highest BCUT2D eigenvalue weighted by Crippen LogP contribution is 2.16. The largest absolute Gasteiger partial charge is 0.453 e. The summed E-state index contributed by atoms with van der Waals surface area (Å²) in [6.45, 7) is 5.30. The predicted octanol–water partition coefficient (Wildman–Crippen LogP) is 2.12. The maximum atomic E-state index is 13.0. The third kappa shape index (κ3) is 4.83. The van der Waals surface area contributed by atoms with Crippen LogP contribution in [0.4, 0.5) is 10.1 Å². The SMILES string of the molecule is COCc1ccc(C(=O)NCCN2CCN(c3ccc(F)cc3)CC2)o1. The number of rotatable bonds is 7. The minimum atomic E-state index is -0.214. The van der Waals surface area contributed by atoms with Crippen molar-refractivity contribution in [2.75, 3.05) is 51.3 Å². The van der Waals surface area contributed by atoms with Crippen molar-refractivity contribution in [1.82, 2.24) is 10.2 Å². The molecule has 2 aromatic rings. The molecule has 2 heterocycles. The van der Waals surface area contributed by atoms with Crippen LogP contribution >= 0.6 is 0 Å². The fraction of sp³-hybridized carbons (Fsp3) is 0.421. The second-order valence-corrected chi connectivity index (χ2v) is 6.26. The quantitative estimate of drug-likeness (QED) is 0.819. The van der Waals surface area contributed by atoms with Crippen LogP contribution in [0.5, 0.6) is 0 Å². The summed E-state index contributed by atoms with van der Waals surface area (Å²) in [4.78, 5) is 16.6. The molecule has 26 heavy (non-hydrogen) atoms. The number of nitrogens with one attached hydrogen (secondary N) is 1. The molecular weight excluding hydrogens is 337 g/mol. The lowest BCUT2D eigenvalue weighted by molar-refractivity contribution is 0.0911. The van der Waals surface area contributed by atoms with Gasteiger partial charge in [0.05, 0.1) is 0 Å².